The molecule has 0 aromatic heterocycles. The lowest BCUT2D eigenvalue weighted by Gasteiger charge is -2.36. The normalized spacial score (nSPS) is 25.5. The molecule has 7 nitrogen and oxygen atoms in total. The molecular weight excluding hydrogens is 368 g/mol. The quantitative estimate of drug-likeness (QED) is 0.788. The summed E-state index contributed by atoms with van der Waals surface area (Å²) in [4.78, 5) is 14.8. The van der Waals surface area contributed by atoms with Gasteiger partial charge in [-0.05, 0) is 44.4 Å². The second kappa shape index (κ2) is 8.16. The van der Waals surface area contributed by atoms with Gasteiger partial charge in [-0.15, -0.1) is 0 Å². The molecule has 2 saturated heterocycles. The van der Waals surface area contributed by atoms with E-state index in [1.807, 2.05) is 30.9 Å². The first-order valence-corrected chi connectivity index (χ1v) is 11.2. The van der Waals surface area contributed by atoms with Gasteiger partial charge in [-0.3, -0.25) is 4.79 Å². The number of nitrogens with zero attached hydrogens (tertiary/aromatic N) is 1. The molecule has 0 unspecified atom stereocenters. The van der Waals surface area contributed by atoms with Crippen molar-refractivity contribution >= 4 is 15.9 Å². The molecule has 2 fully saturated rings. The number of hydrogen-bond acceptors (Lipinski definition) is 5. The highest BCUT2D eigenvalue weighted by atomic mass is 32.2. The van der Waals surface area contributed by atoms with Crippen molar-refractivity contribution in [2.24, 2.45) is 11.8 Å². The van der Waals surface area contributed by atoms with Crippen LogP contribution in [0.15, 0.2) is 24.3 Å². The van der Waals surface area contributed by atoms with E-state index in [-0.39, 0.29) is 30.6 Å². The number of ether oxygens (including phenoxy) is 2. The highest BCUT2D eigenvalue weighted by Gasteiger charge is 2.42. The number of nitrogens with one attached hydrogen (secondary N) is 1. The second-order valence-electron chi connectivity index (χ2n) is 7.65. The summed E-state index contributed by atoms with van der Waals surface area (Å²) in [5.41, 5.74) is 0.608. The van der Waals surface area contributed by atoms with Crippen molar-refractivity contribution in [2.45, 2.75) is 32.5 Å². The van der Waals surface area contributed by atoms with Crippen molar-refractivity contribution in [1.29, 1.82) is 0 Å². The summed E-state index contributed by atoms with van der Waals surface area (Å²) in [6.45, 7) is 6.04. The van der Waals surface area contributed by atoms with Crippen LogP contribution >= 0.6 is 0 Å². The van der Waals surface area contributed by atoms with Crippen LogP contribution in [0.3, 0.4) is 0 Å². The molecule has 27 heavy (non-hydrogen) atoms. The molecule has 8 heteroatoms. The first kappa shape index (κ1) is 20.1. The number of piperidine rings is 1. The third kappa shape index (κ3) is 5.21. The largest absolute Gasteiger partial charge is 0.491 e. The number of fused-ring (bicyclic) bond motifs is 1. The van der Waals surface area contributed by atoms with Crippen LogP contribution in [-0.4, -0.2) is 63.9 Å². The van der Waals surface area contributed by atoms with E-state index in [1.54, 1.807) is 12.1 Å². The molecule has 150 valence electrons. The molecule has 3 rings (SSSR count). The van der Waals surface area contributed by atoms with E-state index in [9.17, 15) is 13.2 Å². The SMILES string of the molecule is CC(C)Oc1cccc(C(=O)N2CC[C@H]3CO[C@H](CNS(C)(=O)=O)[C@H]3C2)c1. The standard InChI is InChI=1S/C19H28N2O5S/c1-13(2)26-16-6-4-5-14(9-16)19(22)21-8-7-15-12-25-18(17(15)11-21)10-20-27(3,23)24/h4-6,9,13,15,17-18,20H,7-8,10-12H2,1-3H3/t15-,17-,18+/m0/s1. The Morgan fingerprint density at radius 3 is 2.89 bits per heavy atom. The summed E-state index contributed by atoms with van der Waals surface area (Å²) < 4.78 is 36.8. The van der Waals surface area contributed by atoms with Gasteiger partial charge in [-0.2, -0.15) is 0 Å². The minimum absolute atomic E-state index is 0.0237. The van der Waals surface area contributed by atoms with Crippen LogP contribution in [0.1, 0.15) is 30.6 Å². The summed E-state index contributed by atoms with van der Waals surface area (Å²) in [6, 6.07) is 7.26. The van der Waals surface area contributed by atoms with Crippen LogP contribution < -0.4 is 9.46 Å². The molecule has 0 aliphatic carbocycles. The molecule has 0 spiro atoms. The maximum Gasteiger partial charge on any atom is 0.253 e. The summed E-state index contributed by atoms with van der Waals surface area (Å²) >= 11 is 0. The lowest BCUT2D eigenvalue weighted by atomic mass is 9.84. The minimum Gasteiger partial charge on any atom is -0.491 e. The molecule has 0 radical (unpaired) electrons. The van der Waals surface area contributed by atoms with Gasteiger partial charge in [0.25, 0.3) is 5.91 Å². The molecule has 1 aromatic carbocycles. The van der Waals surface area contributed by atoms with E-state index in [4.69, 9.17) is 9.47 Å². The fourth-order valence-corrected chi connectivity index (χ4v) is 4.28. The number of sulfonamides is 1. The van der Waals surface area contributed by atoms with Crippen LogP contribution in [0.2, 0.25) is 0 Å². The monoisotopic (exact) mass is 396 g/mol. The lowest BCUT2D eigenvalue weighted by molar-refractivity contribution is 0.0562. The van der Waals surface area contributed by atoms with Crippen LogP contribution in [0.25, 0.3) is 0 Å². The molecule has 0 saturated carbocycles. The van der Waals surface area contributed by atoms with Crippen molar-refractivity contribution in [3.05, 3.63) is 29.8 Å². The summed E-state index contributed by atoms with van der Waals surface area (Å²) in [6.07, 6.45) is 1.86. The van der Waals surface area contributed by atoms with Crippen LogP contribution in [0.4, 0.5) is 0 Å². The Morgan fingerprint density at radius 1 is 1.41 bits per heavy atom. The van der Waals surface area contributed by atoms with E-state index >= 15 is 0 Å². The molecular formula is C19H28N2O5S. The van der Waals surface area contributed by atoms with Gasteiger partial charge in [0.05, 0.1) is 25.1 Å². The number of amides is 1. The minimum atomic E-state index is -3.26. The molecule has 2 aliphatic heterocycles. The van der Waals surface area contributed by atoms with Gasteiger partial charge in [0.1, 0.15) is 5.75 Å². The topological polar surface area (TPSA) is 84.9 Å². The predicted octanol–water partition coefficient (Wildman–Crippen LogP) is 1.50. The Bertz CT molecular complexity index is 780. The highest BCUT2D eigenvalue weighted by Crippen LogP contribution is 2.34. The highest BCUT2D eigenvalue weighted by molar-refractivity contribution is 7.88. The Morgan fingerprint density at radius 2 is 2.19 bits per heavy atom. The van der Waals surface area contributed by atoms with Crippen molar-refractivity contribution in [3.63, 3.8) is 0 Å². The molecule has 1 amide bonds. The maximum absolute atomic E-state index is 13.0. The second-order valence-corrected chi connectivity index (χ2v) is 9.48. The van der Waals surface area contributed by atoms with Crippen LogP contribution in [0, 0.1) is 11.8 Å². The summed E-state index contributed by atoms with van der Waals surface area (Å²) in [7, 11) is -3.26. The third-order valence-corrected chi connectivity index (χ3v) is 5.79. The van der Waals surface area contributed by atoms with Gasteiger partial charge in [0, 0.05) is 31.1 Å². The molecule has 2 heterocycles. The van der Waals surface area contributed by atoms with Gasteiger partial charge >= 0.3 is 0 Å². The van der Waals surface area contributed by atoms with Crippen molar-refractivity contribution < 1.29 is 22.7 Å². The van der Waals surface area contributed by atoms with E-state index in [1.165, 1.54) is 0 Å². The fourth-order valence-electron chi connectivity index (χ4n) is 3.81. The molecule has 3 atom stereocenters. The predicted molar refractivity (Wildman–Crippen MR) is 102 cm³/mol. The lowest BCUT2D eigenvalue weighted by Crippen LogP contribution is -2.47. The van der Waals surface area contributed by atoms with Gasteiger partial charge in [-0.1, -0.05) is 6.07 Å². The number of likely N-dealkylation sites (tertiary alicyclic amines) is 1. The smallest absolute Gasteiger partial charge is 0.253 e. The average Bonchev–Trinajstić information content (AvgIpc) is 3.00. The zero-order chi connectivity index (χ0) is 19.6. The van der Waals surface area contributed by atoms with Crippen LogP contribution in [0.5, 0.6) is 5.75 Å². The Labute approximate surface area is 161 Å². The number of benzene rings is 1. The van der Waals surface area contributed by atoms with Gasteiger partial charge < -0.3 is 14.4 Å². The summed E-state index contributed by atoms with van der Waals surface area (Å²) in [5, 5.41) is 0. The zero-order valence-electron chi connectivity index (χ0n) is 16.1. The number of carbonyl (C=O) groups is 1. The Kier molecular flexibility index (Phi) is 6.08. The van der Waals surface area contributed by atoms with E-state index in [2.05, 4.69) is 4.72 Å². The molecule has 2 aliphatic rings. The van der Waals surface area contributed by atoms with Crippen molar-refractivity contribution in [3.8, 4) is 5.75 Å². The third-order valence-electron chi connectivity index (χ3n) is 5.10. The molecule has 1 N–H and O–H groups in total. The van der Waals surface area contributed by atoms with E-state index < -0.39 is 10.0 Å². The van der Waals surface area contributed by atoms with E-state index in [0.29, 0.717) is 36.9 Å². The molecule has 0 bridgehead atoms. The average molecular weight is 397 g/mol. The summed E-state index contributed by atoms with van der Waals surface area (Å²) in [5.74, 6) is 1.18. The van der Waals surface area contributed by atoms with Gasteiger partial charge in [-0.25, -0.2) is 13.1 Å². The number of hydrogen-bond donors (Lipinski definition) is 1. The number of rotatable bonds is 6. The van der Waals surface area contributed by atoms with Crippen LogP contribution in [-0.2, 0) is 14.8 Å². The van der Waals surface area contributed by atoms with Crippen molar-refractivity contribution in [2.75, 3.05) is 32.5 Å². The number of carbonyl (C=O) groups excluding carboxylic acids is 1. The zero-order valence-corrected chi connectivity index (χ0v) is 16.9. The van der Waals surface area contributed by atoms with Gasteiger partial charge in [0.15, 0.2) is 0 Å². The van der Waals surface area contributed by atoms with Crippen molar-refractivity contribution in [1.82, 2.24) is 9.62 Å². The molecule has 1 aromatic rings. The fraction of sp³-hybridized carbons (Fsp3) is 0.632. The maximum atomic E-state index is 13.0. The first-order valence-electron chi connectivity index (χ1n) is 9.35. The Hall–Kier alpha value is -1.64. The van der Waals surface area contributed by atoms with E-state index in [0.717, 1.165) is 12.7 Å². The van der Waals surface area contributed by atoms with Gasteiger partial charge in [0.2, 0.25) is 10.0 Å². The first-order chi connectivity index (χ1) is 12.7. The Balaban J connectivity index is 1.67.